The van der Waals surface area contributed by atoms with Crippen LogP contribution < -0.4 is 5.32 Å². The van der Waals surface area contributed by atoms with E-state index in [1.165, 1.54) is 18.4 Å². The van der Waals surface area contributed by atoms with E-state index in [0.717, 1.165) is 19.0 Å². The Morgan fingerprint density at radius 1 is 1.24 bits per heavy atom. The molecule has 1 saturated heterocycles. The number of aliphatic imine (C=N–C) groups is 1. The Bertz CT molecular complexity index is 737. The molecule has 0 aromatic heterocycles. The van der Waals surface area contributed by atoms with Gasteiger partial charge in [-0.25, -0.2) is 8.42 Å². The fraction of sp³-hybridized carbons (Fsp3) is 0.632. The van der Waals surface area contributed by atoms with Crippen molar-refractivity contribution in [2.75, 3.05) is 31.9 Å². The number of nitrogens with one attached hydrogen (secondary N) is 1. The van der Waals surface area contributed by atoms with Gasteiger partial charge in [-0.3, -0.25) is 4.99 Å². The number of benzene rings is 1. The van der Waals surface area contributed by atoms with Gasteiger partial charge in [0.25, 0.3) is 0 Å². The number of hydrogen-bond donors (Lipinski definition) is 1. The third-order valence-electron chi connectivity index (χ3n) is 5.45. The maximum atomic E-state index is 12.3. The molecule has 6 heteroatoms. The van der Waals surface area contributed by atoms with Crippen molar-refractivity contribution in [2.24, 2.45) is 4.99 Å². The van der Waals surface area contributed by atoms with Gasteiger partial charge in [0.05, 0.1) is 17.0 Å². The van der Waals surface area contributed by atoms with E-state index < -0.39 is 14.6 Å². The van der Waals surface area contributed by atoms with Gasteiger partial charge in [0.2, 0.25) is 0 Å². The van der Waals surface area contributed by atoms with Crippen molar-refractivity contribution >= 4 is 15.8 Å². The van der Waals surface area contributed by atoms with Crippen LogP contribution in [0.2, 0.25) is 0 Å². The van der Waals surface area contributed by atoms with E-state index in [2.05, 4.69) is 34.5 Å². The van der Waals surface area contributed by atoms with Crippen LogP contribution in [0, 0.1) is 0 Å². The molecule has 3 rings (SSSR count). The van der Waals surface area contributed by atoms with E-state index in [1.54, 1.807) is 0 Å². The first-order chi connectivity index (χ1) is 11.8. The molecule has 1 heterocycles. The number of rotatable bonds is 4. The van der Waals surface area contributed by atoms with E-state index in [1.807, 2.05) is 26.8 Å². The zero-order valence-electron chi connectivity index (χ0n) is 15.5. The molecule has 1 aromatic rings. The molecule has 1 N–H and O–H groups in total. The van der Waals surface area contributed by atoms with Gasteiger partial charge in [-0.05, 0) is 39.2 Å². The van der Waals surface area contributed by atoms with Crippen LogP contribution in [-0.4, -0.2) is 56.0 Å². The maximum Gasteiger partial charge on any atom is 0.194 e. The van der Waals surface area contributed by atoms with Gasteiger partial charge in [-0.2, -0.15) is 0 Å². The molecule has 5 nitrogen and oxygen atoms in total. The zero-order valence-corrected chi connectivity index (χ0v) is 16.3. The lowest BCUT2D eigenvalue weighted by Gasteiger charge is -2.39. The molecule has 0 bridgehead atoms. The van der Waals surface area contributed by atoms with Crippen LogP contribution in [0.1, 0.15) is 39.2 Å². The molecule has 2 fully saturated rings. The average molecular weight is 364 g/mol. The van der Waals surface area contributed by atoms with Crippen LogP contribution in [0.3, 0.4) is 0 Å². The van der Waals surface area contributed by atoms with E-state index in [4.69, 9.17) is 4.99 Å². The molecule has 138 valence electrons. The highest BCUT2D eigenvalue weighted by Gasteiger charge is 2.45. The SMILES string of the molecule is CCNC(=NCC1(c2ccccc2)CC1)N1CCS(=O)(=O)C(C)(C)C1. The fourth-order valence-corrected chi connectivity index (χ4v) is 4.82. The van der Waals surface area contributed by atoms with E-state index in [-0.39, 0.29) is 11.2 Å². The summed E-state index contributed by atoms with van der Waals surface area (Å²) in [6.07, 6.45) is 2.33. The Morgan fingerprint density at radius 2 is 1.92 bits per heavy atom. The van der Waals surface area contributed by atoms with Crippen LogP contribution in [-0.2, 0) is 15.3 Å². The van der Waals surface area contributed by atoms with Crippen molar-refractivity contribution in [2.45, 2.75) is 43.8 Å². The summed E-state index contributed by atoms with van der Waals surface area (Å²) in [5.41, 5.74) is 1.52. The van der Waals surface area contributed by atoms with Gasteiger partial charge in [0, 0.05) is 25.0 Å². The zero-order chi connectivity index (χ0) is 18.1. The van der Waals surface area contributed by atoms with E-state index >= 15 is 0 Å². The highest BCUT2D eigenvalue weighted by molar-refractivity contribution is 7.92. The van der Waals surface area contributed by atoms with E-state index in [9.17, 15) is 8.42 Å². The number of nitrogens with zero attached hydrogens (tertiary/aromatic N) is 2. The van der Waals surface area contributed by atoms with Crippen LogP contribution in [0.4, 0.5) is 0 Å². The summed E-state index contributed by atoms with van der Waals surface area (Å²) in [5, 5.41) is 3.35. The van der Waals surface area contributed by atoms with Gasteiger partial charge in [-0.1, -0.05) is 30.3 Å². The lowest BCUT2D eigenvalue weighted by Crippen LogP contribution is -2.57. The molecular formula is C19H29N3O2S. The van der Waals surface area contributed by atoms with Crippen LogP contribution >= 0.6 is 0 Å². The normalized spacial score (nSPS) is 24.0. The molecule has 0 unspecified atom stereocenters. The molecule has 1 saturated carbocycles. The standard InChI is InChI=1S/C19H29N3O2S/c1-4-20-17(22-12-13-25(23,24)18(2,3)15-22)21-14-19(10-11-19)16-8-6-5-7-9-16/h5-9H,4,10-15H2,1-3H3,(H,20,21). The summed E-state index contributed by atoms with van der Waals surface area (Å²) in [4.78, 5) is 7.00. The van der Waals surface area contributed by atoms with Crippen molar-refractivity contribution in [1.29, 1.82) is 0 Å². The van der Waals surface area contributed by atoms with Crippen molar-refractivity contribution < 1.29 is 8.42 Å². The van der Waals surface area contributed by atoms with Crippen LogP contribution in [0.25, 0.3) is 0 Å². The topological polar surface area (TPSA) is 61.8 Å². The molecule has 1 aliphatic heterocycles. The van der Waals surface area contributed by atoms with Gasteiger partial charge < -0.3 is 10.2 Å². The van der Waals surface area contributed by atoms with Gasteiger partial charge in [0.15, 0.2) is 15.8 Å². The molecule has 0 atom stereocenters. The summed E-state index contributed by atoms with van der Waals surface area (Å²) in [7, 11) is -3.04. The first-order valence-corrected chi connectivity index (χ1v) is 10.8. The third kappa shape index (κ3) is 3.68. The number of guanidine groups is 1. The highest BCUT2D eigenvalue weighted by Crippen LogP contribution is 2.48. The maximum absolute atomic E-state index is 12.3. The minimum atomic E-state index is -3.04. The number of sulfone groups is 1. The second-order valence-corrected chi connectivity index (χ2v) is 10.6. The predicted molar refractivity (Wildman–Crippen MR) is 103 cm³/mol. The summed E-state index contributed by atoms with van der Waals surface area (Å²) in [6, 6.07) is 10.6. The minimum Gasteiger partial charge on any atom is -0.357 e. The first-order valence-electron chi connectivity index (χ1n) is 9.11. The molecule has 0 spiro atoms. The average Bonchev–Trinajstić information content (AvgIpc) is 3.36. The predicted octanol–water partition coefficient (Wildman–Crippen LogP) is 2.19. The second-order valence-electron chi connectivity index (χ2n) is 7.82. The molecular weight excluding hydrogens is 334 g/mol. The summed E-state index contributed by atoms with van der Waals surface area (Å²) < 4.78 is 23.8. The Balaban J connectivity index is 1.77. The number of hydrogen-bond acceptors (Lipinski definition) is 3. The summed E-state index contributed by atoms with van der Waals surface area (Å²) in [5.74, 6) is 1.03. The molecule has 0 radical (unpaired) electrons. The molecule has 1 aliphatic carbocycles. The highest BCUT2D eigenvalue weighted by atomic mass is 32.2. The van der Waals surface area contributed by atoms with Gasteiger partial charge in [-0.15, -0.1) is 0 Å². The smallest absolute Gasteiger partial charge is 0.194 e. The second kappa shape index (κ2) is 6.63. The third-order valence-corrected chi connectivity index (χ3v) is 7.98. The van der Waals surface area contributed by atoms with Crippen LogP contribution in [0.5, 0.6) is 0 Å². The quantitative estimate of drug-likeness (QED) is 0.658. The van der Waals surface area contributed by atoms with Crippen molar-refractivity contribution in [3.05, 3.63) is 35.9 Å². The van der Waals surface area contributed by atoms with Crippen molar-refractivity contribution in [1.82, 2.24) is 10.2 Å². The van der Waals surface area contributed by atoms with Crippen molar-refractivity contribution in [3.8, 4) is 0 Å². The molecule has 25 heavy (non-hydrogen) atoms. The lowest BCUT2D eigenvalue weighted by atomic mass is 9.96. The van der Waals surface area contributed by atoms with Crippen molar-refractivity contribution in [3.63, 3.8) is 0 Å². The Hall–Kier alpha value is -1.56. The van der Waals surface area contributed by atoms with Gasteiger partial charge in [0.1, 0.15) is 0 Å². The molecule has 2 aliphatic rings. The Labute approximate surface area is 151 Å². The summed E-state index contributed by atoms with van der Waals surface area (Å²) in [6.45, 7) is 8.19. The van der Waals surface area contributed by atoms with E-state index in [0.29, 0.717) is 13.1 Å². The van der Waals surface area contributed by atoms with Crippen LogP contribution in [0.15, 0.2) is 35.3 Å². The molecule has 0 amide bonds. The molecule has 1 aromatic carbocycles. The fourth-order valence-electron chi connectivity index (χ4n) is 3.46. The minimum absolute atomic E-state index is 0.166. The first kappa shape index (κ1) is 18.2. The summed E-state index contributed by atoms with van der Waals surface area (Å²) >= 11 is 0. The monoisotopic (exact) mass is 363 g/mol. The Morgan fingerprint density at radius 3 is 2.48 bits per heavy atom. The Kier molecular flexibility index (Phi) is 4.84. The largest absolute Gasteiger partial charge is 0.357 e. The van der Waals surface area contributed by atoms with Gasteiger partial charge >= 0.3 is 0 Å². The lowest BCUT2D eigenvalue weighted by molar-refractivity contribution is 0.353.